The van der Waals surface area contributed by atoms with Crippen LogP contribution < -0.4 is 0 Å². The molecule has 2 saturated heterocycles. The van der Waals surface area contributed by atoms with Crippen molar-refractivity contribution in [3.05, 3.63) is 0 Å². The lowest BCUT2D eigenvalue weighted by molar-refractivity contribution is -0.159. The Labute approximate surface area is 162 Å². The minimum absolute atomic E-state index is 0.198. The monoisotopic (exact) mass is 385 g/mol. The van der Waals surface area contributed by atoms with E-state index in [4.69, 9.17) is 14.7 Å². The number of hydrogen-bond donors (Lipinski definition) is 1. The highest BCUT2D eigenvalue weighted by molar-refractivity contribution is 7.99. The summed E-state index contributed by atoms with van der Waals surface area (Å²) in [7, 11) is 1.39. The number of hydrogen-bond acceptors (Lipinski definition) is 5. The van der Waals surface area contributed by atoms with Gasteiger partial charge in [0.25, 0.3) is 0 Å². The summed E-state index contributed by atoms with van der Waals surface area (Å²) in [5.41, 5.74) is 0. The number of rotatable bonds is 11. The molecule has 0 unspecified atom stereocenters. The van der Waals surface area contributed by atoms with E-state index >= 15 is 0 Å². The molecule has 4 atom stereocenters. The summed E-state index contributed by atoms with van der Waals surface area (Å²) in [5, 5.41) is 9.74. The first-order valence-corrected chi connectivity index (χ1v) is 11.6. The zero-order valence-electron chi connectivity index (χ0n) is 16.1. The van der Waals surface area contributed by atoms with Gasteiger partial charge in [-0.3, -0.25) is 10.0 Å². The second kappa shape index (κ2) is 10.3. The SMILES string of the molecule is CN(O)C(=O)CCCCSC[C@@H]1[C@H](COCC2CCCC2)[C@@H]2CC[C@H]1O2. The van der Waals surface area contributed by atoms with Crippen LogP contribution in [0.4, 0.5) is 0 Å². The summed E-state index contributed by atoms with van der Waals surface area (Å²) in [6.45, 7) is 1.82. The highest BCUT2D eigenvalue weighted by Crippen LogP contribution is 2.45. The van der Waals surface area contributed by atoms with Crippen molar-refractivity contribution in [1.29, 1.82) is 0 Å². The molecule has 26 heavy (non-hydrogen) atoms. The third-order valence-electron chi connectivity index (χ3n) is 6.33. The van der Waals surface area contributed by atoms with Crippen molar-refractivity contribution < 1.29 is 19.5 Å². The van der Waals surface area contributed by atoms with E-state index in [9.17, 15) is 4.79 Å². The molecule has 3 aliphatic rings. The zero-order chi connectivity index (χ0) is 18.4. The van der Waals surface area contributed by atoms with E-state index in [2.05, 4.69) is 0 Å². The van der Waals surface area contributed by atoms with E-state index in [1.54, 1.807) is 0 Å². The first-order chi connectivity index (χ1) is 12.6. The van der Waals surface area contributed by atoms with Crippen LogP contribution in [0.5, 0.6) is 0 Å². The second-order valence-corrected chi connectivity index (χ2v) is 9.41. The Bertz CT molecular complexity index is 442. The average molecular weight is 386 g/mol. The summed E-state index contributed by atoms with van der Waals surface area (Å²) in [6, 6.07) is 0. The van der Waals surface area contributed by atoms with Gasteiger partial charge in [0.15, 0.2) is 0 Å². The summed E-state index contributed by atoms with van der Waals surface area (Å²) in [4.78, 5) is 11.3. The van der Waals surface area contributed by atoms with Gasteiger partial charge < -0.3 is 9.47 Å². The Morgan fingerprint density at radius 2 is 1.85 bits per heavy atom. The van der Waals surface area contributed by atoms with Gasteiger partial charge in [-0.25, -0.2) is 5.06 Å². The van der Waals surface area contributed by atoms with E-state index in [0.29, 0.717) is 35.5 Å². The summed E-state index contributed by atoms with van der Waals surface area (Å²) in [6.07, 6.45) is 11.0. The Morgan fingerprint density at radius 1 is 1.12 bits per heavy atom. The van der Waals surface area contributed by atoms with Crippen molar-refractivity contribution in [2.45, 2.75) is 70.0 Å². The summed E-state index contributed by atoms with van der Waals surface area (Å²) < 4.78 is 12.3. The fraction of sp³-hybridized carbons (Fsp3) is 0.950. The van der Waals surface area contributed by atoms with Crippen LogP contribution in [0.25, 0.3) is 0 Å². The number of unbranched alkanes of at least 4 members (excludes halogenated alkanes) is 1. The van der Waals surface area contributed by atoms with Crippen LogP contribution in [-0.2, 0) is 14.3 Å². The maximum Gasteiger partial charge on any atom is 0.245 e. The Balaban J connectivity index is 1.31. The molecule has 0 spiro atoms. The van der Waals surface area contributed by atoms with Crippen LogP contribution in [0.2, 0.25) is 0 Å². The van der Waals surface area contributed by atoms with E-state index in [-0.39, 0.29) is 5.91 Å². The molecule has 1 N–H and O–H groups in total. The molecule has 0 aromatic rings. The molecule has 150 valence electrons. The molecule has 2 aliphatic heterocycles. The fourth-order valence-electron chi connectivity index (χ4n) is 4.74. The molecule has 2 bridgehead atoms. The predicted octanol–water partition coefficient (Wildman–Crippen LogP) is 3.74. The number of ether oxygens (including phenoxy) is 2. The van der Waals surface area contributed by atoms with Crippen molar-refractivity contribution in [2.24, 2.45) is 17.8 Å². The lowest BCUT2D eigenvalue weighted by Crippen LogP contribution is -2.33. The molecule has 3 rings (SSSR count). The maximum absolute atomic E-state index is 11.3. The lowest BCUT2D eigenvalue weighted by Gasteiger charge is -2.28. The largest absolute Gasteiger partial charge is 0.381 e. The second-order valence-electron chi connectivity index (χ2n) is 8.26. The molecular formula is C20H35NO4S. The molecule has 0 aromatic heterocycles. The normalized spacial score (nSPS) is 31.0. The molecular weight excluding hydrogens is 350 g/mol. The lowest BCUT2D eigenvalue weighted by atomic mass is 9.81. The number of amides is 1. The standard InChI is InChI=1S/C20H35NO4S/c1-21(23)20(22)8-4-5-11-26-14-17-16(18-9-10-19(17)25-18)13-24-12-15-6-2-3-7-15/h15-19,23H,2-14H2,1H3/t16-,17+,18-,19+/m0/s1. The van der Waals surface area contributed by atoms with E-state index < -0.39 is 0 Å². The maximum atomic E-state index is 11.3. The Morgan fingerprint density at radius 3 is 2.58 bits per heavy atom. The van der Waals surface area contributed by atoms with Crippen LogP contribution in [0.1, 0.15) is 57.8 Å². The predicted molar refractivity (Wildman–Crippen MR) is 103 cm³/mol. The van der Waals surface area contributed by atoms with Crippen molar-refractivity contribution >= 4 is 17.7 Å². The first kappa shape index (κ1) is 20.4. The van der Waals surface area contributed by atoms with Gasteiger partial charge in [0.2, 0.25) is 5.91 Å². The zero-order valence-corrected chi connectivity index (χ0v) is 16.9. The molecule has 0 radical (unpaired) electrons. The van der Waals surface area contributed by atoms with Crippen molar-refractivity contribution in [2.75, 3.05) is 31.8 Å². The molecule has 1 saturated carbocycles. The number of carbonyl (C=O) groups excluding carboxylic acids is 1. The number of thioether (sulfide) groups is 1. The molecule has 2 heterocycles. The van der Waals surface area contributed by atoms with Crippen LogP contribution in [0.15, 0.2) is 0 Å². The highest BCUT2D eigenvalue weighted by Gasteiger charge is 2.48. The molecule has 6 heteroatoms. The quantitative estimate of drug-likeness (QED) is 0.334. The fourth-order valence-corrected chi connectivity index (χ4v) is 6.05. The molecule has 3 fully saturated rings. The van der Waals surface area contributed by atoms with E-state index in [1.807, 2.05) is 11.8 Å². The van der Waals surface area contributed by atoms with Gasteiger partial charge in [0, 0.05) is 31.9 Å². The number of carbonyl (C=O) groups is 1. The average Bonchev–Trinajstić information content (AvgIpc) is 3.36. The summed E-state index contributed by atoms with van der Waals surface area (Å²) >= 11 is 1.99. The summed E-state index contributed by atoms with van der Waals surface area (Å²) in [5.74, 6) is 4.03. The van der Waals surface area contributed by atoms with Crippen LogP contribution in [0, 0.1) is 17.8 Å². The molecule has 1 aliphatic carbocycles. The minimum atomic E-state index is -0.198. The van der Waals surface area contributed by atoms with Crippen molar-refractivity contribution in [1.82, 2.24) is 5.06 Å². The van der Waals surface area contributed by atoms with Crippen LogP contribution in [-0.4, -0.2) is 60.2 Å². The Kier molecular flexibility index (Phi) is 8.10. The van der Waals surface area contributed by atoms with Crippen molar-refractivity contribution in [3.63, 3.8) is 0 Å². The van der Waals surface area contributed by atoms with Crippen LogP contribution >= 0.6 is 11.8 Å². The van der Waals surface area contributed by atoms with Crippen molar-refractivity contribution in [3.8, 4) is 0 Å². The molecule has 1 amide bonds. The van der Waals surface area contributed by atoms with E-state index in [0.717, 1.165) is 43.5 Å². The van der Waals surface area contributed by atoms with E-state index in [1.165, 1.54) is 45.6 Å². The van der Waals surface area contributed by atoms with Gasteiger partial charge in [-0.1, -0.05) is 12.8 Å². The first-order valence-electron chi connectivity index (χ1n) is 10.4. The van der Waals surface area contributed by atoms with Gasteiger partial charge in [-0.15, -0.1) is 0 Å². The smallest absolute Gasteiger partial charge is 0.245 e. The minimum Gasteiger partial charge on any atom is -0.381 e. The van der Waals surface area contributed by atoms with Crippen LogP contribution in [0.3, 0.4) is 0 Å². The highest BCUT2D eigenvalue weighted by atomic mass is 32.2. The van der Waals surface area contributed by atoms with Gasteiger partial charge in [0.05, 0.1) is 18.8 Å². The van der Waals surface area contributed by atoms with Gasteiger partial charge >= 0.3 is 0 Å². The molecule has 5 nitrogen and oxygen atoms in total. The van der Waals surface area contributed by atoms with Gasteiger partial charge in [-0.05, 0) is 55.9 Å². The number of hydroxylamine groups is 2. The number of nitrogens with zero attached hydrogens (tertiary/aromatic N) is 1. The third kappa shape index (κ3) is 5.60. The topological polar surface area (TPSA) is 59.0 Å². The van der Waals surface area contributed by atoms with Gasteiger partial charge in [-0.2, -0.15) is 11.8 Å². The molecule has 0 aromatic carbocycles. The third-order valence-corrected chi connectivity index (χ3v) is 7.53. The number of fused-ring (bicyclic) bond motifs is 2. The Hall–Kier alpha value is -0.300. The van der Waals surface area contributed by atoms with Gasteiger partial charge in [0.1, 0.15) is 0 Å².